The first kappa shape index (κ1) is 24.9. The van der Waals surface area contributed by atoms with Gasteiger partial charge in [-0.3, -0.25) is 4.79 Å². The second kappa shape index (κ2) is 12.0. The summed E-state index contributed by atoms with van der Waals surface area (Å²) in [4.78, 5) is 12.7. The van der Waals surface area contributed by atoms with Crippen molar-refractivity contribution in [2.24, 2.45) is 0 Å². The molecule has 0 saturated heterocycles. The molecule has 0 unspecified atom stereocenters. The lowest BCUT2D eigenvalue weighted by Crippen LogP contribution is -2.16. The average molecular weight is 533 g/mol. The third-order valence-corrected chi connectivity index (χ3v) is 7.04. The molecule has 0 radical (unpaired) electrons. The first-order valence-corrected chi connectivity index (χ1v) is 13.3. The molecule has 0 aliphatic carbocycles. The van der Waals surface area contributed by atoms with Crippen molar-refractivity contribution in [3.8, 4) is 16.9 Å². The van der Waals surface area contributed by atoms with Crippen LogP contribution < -0.4 is 10.1 Å². The quantitative estimate of drug-likeness (QED) is 0.240. The summed E-state index contributed by atoms with van der Waals surface area (Å²) in [7, 11) is 1.64. The van der Waals surface area contributed by atoms with E-state index in [1.165, 1.54) is 11.8 Å². The molecule has 3 aromatic carbocycles. The zero-order chi connectivity index (χ0) is 25.5. The highest BCUT2D eigenvalue weighted by Gasteiger charge is 2.16. The van der Waals surface area contributed by atoms with Crippen LogP contribution in [0.2, 0.25) is 0 Å². The van der Waals surface area contributed by atoms with Gasteiger partial charge >= 0.3 is 0 Å². The van der Waals surface area contributed by atoms with E-state index in [0.29, 0.717) is 35.3 Å². The van der Waals surface area contributed by atoms with E-state index in [-0.39, 0.29) is 18.3 Å². The molecule has 0 atom stereocenters. The summed E-state index contributed by atoms with van der Waals surface area (Å²) in [5.41, 5.74) is 4.16. The Hall–Kier alpha value is -3.80. The minimum absolute atomic E-state index is 0.163. The SMILES string of the molecule is COCCn1c(COc2ccccc2-c2ccccc2)nnc1SCC(=O)Nc1cccc2nsnc12. The number of fused-ring (bicyclic) bond motifs is 1. The Balaban J connectivity index is 1.27. The number of rotatable bonds is 11. The van der Waals surface area contributed by atoms with Gasteiger partial charge in [0, 0.05) is 19.2 Å². The predicted molar refractivity (Wildman–Crippen MR) is 145 cm³/mol. The van der Waals surface area contributed by atoms with Crippen LogP contribution in [-0.2, 0) is 22.7 Å². The number of thioether (sulfide) groups is 1. The Labute approximate surface area is 222 Å². The van der Waals surface area contributed by atoms with Gasteiger partial charge in [0.25, 0.3) is 0 Å². The fourth-order valence-corrected chi connectivity index (χ4v) is 5.09. The summed E-state index contributed by atoms with van der Waals surface area (Å²) < 4.78 is 21.9. The van der Waals surface area contributed by atoms with Gasteiger partial charge < -0.3 is 19.4 Å². The number of carbonyl (C=O) groups excluding carboxylic acids is 1. The topological polar surface area (TPSA) is 104 Å². The number of carbonyl (C=O) groups is 1. The van der Waals surface area contributed by atoms with Crippen LogP contribution in [0.15, 0.2) is 78.0 Å². The Morgan fingerprint density at radius 3 is 2.70 bits per heavy atom. The molecular weight excluding hydrogens is 508 g/mol. The smallest absolute Gasteiger partial charge is 0.234 e. The summed E-state index contributed by atoms with van der Waals surface area (Å²) in [6, 6.07) is 23.5. The standard InChI is InChI=1S/C26H24N6O3S2/c1-34-15-14-32-23(16-35-22-13-6-5-10-19(22)18-8-3-2-4-9-18)28-29-26(32)36-17-24(33)27-20-11-7-12-21-25(20)31-37-30-21/h2-13H,14-17H2,1H3,(H,27,33). The first-order chi connectivity index (χ1) is 18.2. The minimum atomic E-state index is -0.165. The van der Waals surface area contributed by atoms with Crippen molar-refractivity contribution in [2.75, 3.05) is 24.8 Å². The number of ether oxygens (including phenoxy) is 2. The molecule has 5 rings (SSSR count). The van der Waals surface area contributed by atoms with Gasteiger partial charge in [-0.2, -0.15) is 8.75 Å². The number of benzene rings is 3. The van der Waals surface area contributed by atoms with E-state index in [2.05, 4.69) is 36.4 Å². The third kappa shape index (κ3) is 5.96. The highest BCUT2D eigenvalue weighted by molar-refractivity contribution is 7.99. The largest absolute Gasteiger partial charge is 0.485 e. The van der Waals surface area contributed by atoms with Crippen LogP contribution in [0, 0.1) is 0 Å². The van der Waals surface area contributed by atoms with Gasteiger partial charge in [0.2, 0.25) is 5.91 Å². The van der Waals surface area contributed by atoms with Crippen LogP contribution in [0.4, 0.5) is 5.69 Å². The zero-order valence-corrected chi connectivity index (χ0v) is 21.7. The zero-order valence-electron chi connectivity index (χ0n) is 20.0. The summed E-state index contributed by atoms with van der Waals surface area (Å²) >= 11 is 2.42. The van der Waals surface area contributed by atoms with Crippen molar-refractivity contribution in [3.05, 3.63) is 78.6 Å². The predicted octanol–water partition coefficient (Wildman–Crippen LogP) is 4.91. The molecule has 0 fully saturated rings. The Kier molecular flexibility index (Phi) is 8.04. The van der Waals surface area contributed by atoms with Gasteiger partial charge in [-0.05, 0) is 23.8 Å². The minimum Gasteiger partial charge on any atom is -0.485 e. The lowest BCUT2D eigenvalue weighted by atomic mass is 10.1. The van der Waals surface area contributed by atoms with Crippen LogP contribution in [0.1, 0.15) is 5.82 Å². The molecule has 0 spiro atoms. The molecule has 0 aliphatic rings. The monoisotopic (exact) mass is 532 g/mol. The normalized spacial score (nSPS) is 11.1. The maximum Gasteiger partial charge on any atom is 0.234 e. The molecule has 1 amide bonds. The second-order valence-electron chi connectivity index (χ2n) is 7.97. The van der Waals surface area contributed by atoms with Gasteiger partial charge in [0.1, 0.15) is 23.4 Å². The molecule has 5 aromatic rings. The average Bonchev–Trinajstić information content (AvgIpc) is 3.57. The number of anilines is 1. The number of nitrogens with one attached hydrogen (secondary N) is 1. The molecular formula is C26H24N6O3S2. The van der Waals surface area contributed by atoms with Gasteiger partial charge in [0.15, 0.2) is 11.0 Å². The Morgan fingerprint density at radius 2 is 1.84 bits per heavy atom. The molecule has 9 nitrogen and oxygen atoms in total. The van der Waals surface area contributed by atoms with Crippen molar-refractivity contribution >= 4 is 46.1 Å². The number of para-hydroxylation sites is 1. The Bertz CT molecular complexity index is 1490. The van der Waals surface area contributed by atoms with Crippen molar-refractivity contribution in [3.63, 3.8) is 0 Å². The van der Waals surface area contributed by atoms with Gasteiger partial charge in [-0.15, -0.1) is 10.2 Å². The number of aromatic nitrogens is 5. The van der Waals surface area contributed by atoms with E-state index in [1.807, 2.05) is 65.2 Å². The number of hydrogen-bond acceptors (Lipinski definition) is 9. The molecule has 0 bridgehead atoms. The highest BCUT2D eigenvalue weighted by Crippen LogP contribution is 2.30. The summed E-state index contributed by atoms with van der Waals surface area (Å²) in [6.45, 7) is 1.24. The van der Waals surface area contributed by atoms with E-state index in [1.54, 1.807) is 7.11 Å². The molecule has 0 aliphatic heterocycles. The number of methoxy groups -OCH3 is 1. The van der Waals surface area contributed by atoms with Gasteiger partial charge in [0.05, 0.1) is 29.8 Å². The van der Waals surface area contributed by atoms with Crippen LogP contribution in [-0.4, -0.2) is 48.9 Å². The van der Waals surface area contributed by atoms with Crippen LogP contribution in [0.25, 0.3) is 22.2 Å². The van der Waals surface area contributed by atoms with Crippen LogP contribution in [0.5, 0.6) is 5.75 Å². The molecule has 2 heterocycles. The van der Waals surface area contributed by atoms with Crippen molar-refractivity contribution < 1.29 is 14.3 Å². The molecule has 2 aromatic heterocycles. The molecule has 11 heteroatoms. The number of amides is 1. The first-order valence-electron chi connectivity index (χ1n) is 11.5. The fraction of sp³-hybridized carbons (Fsp3) is 0.192. The lowest BCUT2D eigenvalue weighted by molar-refractivity contribution is -0.113. The fourth-order valence-electron chi connectivity index (χ4n) is 3.75. The van der Waals surface area contributed by atoms with E-state index < -0.39 is 0 Å². The summed E-state index contributed by atoms with van der Waals surface area (Å²) in [6.07, 6.45) is 0. The van der Waals surface area contributed by atoms with Crippen molar-refractivity contribution in [1.29, 1.82) is 0 Å². The second-order valence-corrected chi connectivity index (χ2v) is 9.44. The van der Waals surface area contributed by atoms with Gasteiger partial charge in [-0.25, -0.2) is 0 Å². The van der Waals surface area contributed by atoms with Gasteiger partial charge in [-0.1, -0.05) is 66.4 Å². The third-order valence-electron chi connectivity index (χ3n) is 5.53. The molecule has 37 heavy (non-hydrogen) atoms. The van der Waals surface area contributed by atoms with Crippen molar-refractivity contribution in [1.82, 2.24) is 23.5 Å². The van der Waals surface area contributed by atoms with E-state index in [4.69, 9.17) is 9.47 Å². The molecule has 1 N–H and O–H groups in total. The van der Waals surface area contributed by atoms with E-state index >= 15 is 0 Å². The summed E-state index contributed by atoms with van der Waals surface area (Å²) in [5.74, 6) is 1.41. The highest BCUT2D eigenvalue weighted by atomic mass is 32.2. The Morgan fingerprint density at radius 1 is 1.00 bits per heavy atom. The van der Waals surface area contributed by atoms with Crippen LogP contribution in [0.3, 0.4) is 0 Å². The number of nitrogens with zero attached hydrogens (tertiary/aromatic N) is 5. The molecule has 188 valence electrons. The lowest BCUT2D eigenvalue weighted by Gasteiger charge is -2.13. The van der Waals surface area contributed by atoms with E-state index in [9.17, 15) is 4.79 Å². The number of hydrogen-bond donors (Lipinski definition) is 1. The maximum absolute atomic E-state index is 12.7. The van der Waals surface area contributed by atoms with Crippen molar-refractivity contribution in [2.45, 2.75) is 18.3 Å². The van der Waals surface area contributed by atoms with E-state index in [0.717, 1.165) is 34.1 Å². The maximum atomic E-state index is 12.7. The molecule has 0 saturated carbocycles. The summed E-state index contributed by atoms with van der Waals surface area (Å²) in [5, 5.41) is 12.2. The van der Waals surface area contributed by atoms with Crippen LogP contribution >= 0.6 is 23.5 Å².